The molecule has 2 aromatic rings. The monoisotopic (exact) mass is 295 g/mol. The van der Waals surface area contributed by atoms with Crippen LogP contribution in [0.15, 0.2) is 46.9 Å². The number of ether oxygens (including phenoxy) is 1. The SMILES string of the molecule is Nc1cc(F)cc(OCc2ccc(Br)cc2)c1. The number of nitrogen functional groups attached to an aromatic ring is 1. The number of benzene rings is 2. The number of hydrogen-bond acceptors (Lipinski definition) is 2. The lowest BCUT2D eigenvalue weighted by Gasteiger charge is -2.07. The predicted octanol–water partition coefficient (Wildman–Crippen LogP) is 3.75. The molecule has 2 aromatic carbocycles. The minimum absolute atomic E-state index is 0.357. The van der Waals surface area contributed by atoms with Gasteiger partial charge < -0.3 is 10.5 Å². The van der Waals surface area contributed by atoms with Crippen LogP contribution < -0.4 is 10.5 Å². The normalized spacial score (nSPS) is 10.2. The molecule has 0 fully saturated rings. The summed E-state index contributed by atoms with van der Waals surface area (Å²) in [5.41, 5.74) is 6.89. The van der Waals surface area contributed by atoms with Crippen molar-refractivity contribution in [3.05, 3.63) is 58.3 Å². The highest BCUT2D eigenvalue weighted by Gasteiger charge is 2.00. The van der Waals surface area contributed by atoms with Gasteiger partial charge in [-0.05, 0) is 23.8 Å². The van der Waals surface area contributed by atoms with Gasteiger partial charge in [-0.2, -0.15) is 0 Å². The van der Waals surface area contributed by atoms with E-state index >= 15 is 0 Å². The smallest absolute Gasteiger partial charge is 0.128 e. The van der Waals surface area contributed by atoms with Crippen LogP contribution >= 0.6 is 15.9 Å². The third-order valence-corrected chi connectivity index (χ3v) is 2.74. The summed E-state index contributed by atoms with van der Waals surface area (Å²) in [6.07, 6.45) is 0. The van der Waals surface area contributed by atoms with Crippen LogP contribution in [0.4, 0.5) is 10.1 Å². The Morgan fingerprint density at radius 3 is 2.47 bits per heavy atom. The second-order valence-corrected chi connectivity index (χ2v) is 4.55. The van der Waals surface area contributed by atoms with Crippen LogP contribution in [-0.4, -0.2) is 0 Å². The van der Waals surface area contributed by atoms with Crippen LogP contribution in [0.3, 0.4) is 0 Å². The van der Waals surface area contributed by atoms with Gasteiger partial charge in [-0.25, -0.2) is 4.39 Å². The fourth-order valence-electron chi connectivity index (χ4n) is 1.42. The summed E-state index contributed by atoms with van der Waals surface area (Å²) in [6.45, 7) is 0.385. The Morgan fingerprint density at radius 1 is 1.12 bits per heavy atom. The van der Waals surface area contributed by atoms with E-state index in [1.165, 1.54) is 12.1 Å². The van der Waals surface area contributed by atoms with E-state index in [-0.39, 0.29) is 0 Å². The maximum Gasteiger partial charge on any atom is 0.128 e. The van der Waals surface area contributed by atoms with Crippen molar-refractivity contribution in [3.63, 3.8) is 0 Å². The molecule has 0 amide bonds. The van der Waals surface area contributed by atoms with Crippen molar-refractivity contribution < 1.29 is 9.13 Å². The third kappa shape index (κ3) is 3.46. The molecule has 0 bridgehead atoms. The Bertz CT molecular complexity index is 493. The van der Waals surface area contributed by atoms with Gasteiger partial charge in [0.2, 0.25) is 0 Å². The molecular formula is C13H11BrFNO. The number of rotatable bonds is 3. The van der Waals surface area contributed by atoms with Crippen molar-refractivity contribution in [3.8, 4) is 5.75 Å². The molecule has 0 aliphatic carbocycles. The van der Waals surface area contributed by atoms with E-state index < -0.39 is 5.82 Å². The molecule has 0 saturated heterocycles. The maximum absolute atomic E-state index is 13.0. The fraction of sp³-hybridized carbons (Fsp3) is 0.0769. The van der Waals surface area contributed by atoms with Gasteiger partial charge in [-0.3, -0.25) is 0 Å². The number of anilines is 1. The molecule has 0 aliphatic heterocycles. The van der Waals surface area contributed by atoms with Crippen LogP contribution in [0.1, 0.15) is 5.56 Å². The number of halogens is 2. The van der Waals surface area contributed by atoms with Crippen molar-refractivity contribution in [2.75, 3.05) is 5.73 Å². The lowest BCUT2D eigenvalue weighted by Crippen LogP contribution is -1.97. The van der Waals surface area contributed by atoms with E-state index in [1.807, 2.05) is 24.3 Å². The van der Waals surface area contributed by atoms with E-state index in [0.717, 1.165) is 10.0 Å². The summed E-state index contributed by atoms with van der Waals surface area (Å²) in [6, 6.07) is 11.9. The first-order chi connectivity index (χ1) is 8.13. The minimum Gasteiger partial charge on any atom is -0.489 e. The molecule has 88 valence electrons. The van der Waals surface area contributed by atoms with Gasteiger partial charge in [-0.1, -0.05) is 28.1 Å². The van der Waals surface area contributed by atoms with Gasteiger partial charge in [0.15, 0.2) is 0 Å². The second kappa shape index (κ2) is 5.19. The van der Waals surface area contributed by atoms with Crippen molar-refractivity contribution in [2.24, 2.45) is 0 Å². The fourth-order valence-corrected chi connectivity index (χ4v) is 1.68. The average molecular weight is 296 g/mol. The van der Waals surface area contributed by atoms with E-state index in [2.05, 4.69) is 15.9 Å². The maximum atomic E-state index is 13.0. The lowest BCUT2D eigenvalue weighted by molar-refractivity contribution is 0.305. The lowest BCUT2D eigenvalue weighted by atomic mass is 10.2. The van der Waals surface area contributed by atoms with Gasteiger partial charge in [-0.15, -0.1) is 0 Å². The van der Waals surface area contributed by atoms with Gasteiger partial charge in [0.1, 0.15) is 18.2 Å². The standard InChI is InChI=1S/C13H11BrFNO/c14-10-3-1-9(2-4-10)8-17-13-6-11(15)5-12(16)7-13/h1-7H,8,16H2. The van der Waals surface area contributed by atoms with Crippen LogP contribution in [0.2, 0.25) is 0 Å². The highest BCUT2D eigenvalue weighted by atomic mass is 79.9. The molecule has 2 rings (SSSR count). The average Bonchev–Trinajstić information content (AvgIpc) is 2.27. The van der Waals surface area contributed by atoms with E-state index in [1.54, 1.807) is 6.07 Å². The van der Waals surface area contributed by atoms with Crippen molar-refractivity contribution in [2.45, 2.75) is 6.61 Å². The molecule has 0 aliphatic rings. The van der Waals surface area contributed by atoms with Gasteiger partial charge in [0.05, 0.1) is 0 Å². The summed E-state index contributed by atoms with van der Waals surface area (Å²) in [7, 11) is 0. The molecule has 0 saturated carbocycles. The first-order valence-electron chi connectivity index (χ1n) is 5.07. The highest BCUT2D eigenvalue weighted by molar-refractivity contribution is 9.10. The second-order valence-electron chi connectivity index (χ2n) is 3.64. The van der Waals surface area contributed by atoms with Gasteiger partial charge in [0, 0.05) is 22.3 Å². The van der Waals surface area contributed by atoms with Crippen LogP contribution in [0.25, 0.3) is 0 Å². The van der Waals surface area contributed by atoms with Gasteiger partial charge in [0.25, 0.3) is 0 Å². The molecule has 17 heavy (non-hydrogen) atoms. The molecule has 0 radical (unpaired) electrons. The zero-order valence-electron chi connectivity index (χ0n) is 8.99. The highest BCUT2D eigenvalue weighted by Crippen LogP contribution is 2.19. The Morgan fingerprint density at radius 2 is 1.82 bits per heavy atom. The largest absolute Gasteiger partial charge is 0.489 e. The molecule has 0 aromatic heterocycles. The quantitative estimate of drug-likeness (QED) is 0.875. The number of hydrogen-bond donors (Lipinski definition) is 1. The van der Waals surface area contributed by atoms with Gasteiger partial charge >= 0.3 is 0 Å². The summed E-state index contributed by atoms with van der Waals surface area (Å²) < 4.78 is 19.5. The molecule has 0 atom stereocenters. The van der Waals surface area contributed by atoms with Crippen molar-refractivity contribution in [1.29, 1.82) is 0 Å². The Balaban J connectivity index is 2.04. The minimum atomic E-state index is -0.393. The number of nitrogens with two attached hydrogens (primary N) is 1. The Hall–Kier alpha value is -1.55. The molecule has 0 heterocycles. The van der Waals surface area contributed by atoms with Crippen LogP contribution in [-0.2, 0) is 6.61 Å². The molecule has 2 nitrogen and oxygen atoms in total. The van der Waals surface area contributed by atoms with Crippen LogP contribution in [0, 0.1) is 5.82 Å². The predicted molar refractivity (Wildman–Crippen MR) is 69.3 cm³/mol. The molecule has 4 heteroatoms. The molecule has 0 spiro atoms. The summed E-state index contributed by atoms with van der Waals surface area (Å²) in [5.74, 6) is 0.0428. The van der Waals surface area contributed by atoms with Crippen molar-refractivity contribution in [1.82, 2.24) is 0 Å². The molecule has 0 unspecified atom stereocenters. The first kappa shape index (κ1) is 11.9. The summed E-state index contributed by atoms with van der Waals surface area (Å²) >= 11 is 3.35. The van der Waals surface area contributed by atoms with E-state index in [9.17, 15) is 4.39 Å². The Labute approximate surface area is 107 Å². The summed E-state index contributed by atoms with van der Waals surface area (Å²) in [4.78, 5) is 0. The topological polar surface area (TPSA) is 35.2 Å². The summed E-state index contributed by atoms with van der Waals surface area (Å²) in [5, 5.41) is 0. The van der Waals surface area contributed by atoms with Crippen LogP contribution in [0.5, 0.6) is 5.75 Å². The molecule has 2 N–H and O–H groups in total. The zero-order valence-corrected chi connectivity index (χ0v) is 10.6. The Kier molecular flexibility index (Phi) is 3.64. The first-order valence-corrected chi connectivity index (χ1v) is 5.86. The van der Waals surface area contributed by atoms with Crippen molar-refractivity contribution >= 4 is 21.6 Å². The van der Waals surface area contributed by atoms with E-state index in [0.29, 0.717) is 18.0 Å². The van der Waals surface area contributed by atoms with E-state index in [4.69, 9.17) is 10.5 Å². The third-order valence-electron chi connectivity index (χ3n) is 2.21. The molecular weight excluding hydrogens is 285 g/mol. The zero-order chi connectivity index (χ0) is 12.3.